The van der Waals surface area contributed by atoms with E-state index >= 15 is 0 Å². The molecule has 0 fully saturated rings. The lowest BCUT2D eigenvalue weighted by Gasteiger charge is -2.37. The Morgan fingerprint density at radius 1 is 0.807 bits per heavy atom. The van der Waals surface area contributed by atoms with Gasteiger partial charge in [0.2, 0.25) is 0 Å². The third-order valence-electron chi connectivity index (χ3n) is 9.39. The standard InChI is InChI=1S/C44H54N5O7P/c1-32(2)49(33(3)4)57(55-27-26-47(6)41-16-12-13-25-45-41)56-31-35(29-48-28-34(5)42(50)46-43(48)51)30-54-44(36-14-10-9-11-15-36,37-17-21-39(52-7)22-18-37)38-19-23-40(53-8)24-20-38/h9-25,28-29,32-33H,26-27,30-31H2,1-8H3,(H,46,50,51)/b35-29-. The van der Waals surface area contributed by atoms with Crippen molar-refractivity contribution in [2.24, 2.45) is 0 Å². The zero-order valence-corrected chi connectivity index (χ0v) is 34.9. The van der Waals surface area contributed by atoms with E-state index in [0.29, 0.717) is 35.8 Å². The van der Waals surface area contributed by atoms with Gasteiger partial charge in [0.25, 0.3) is 14.1 Å². The third kappa shape index (κ3) is 10.9. The number of benzene rings is 3. The van der Waals surface area contributed by atoms with Crippen LogP contribution in [0.25, 0.3) is 6.20 Å². The Labute approximate surface area is 336 Å². The number of rotatable bonds is 20. The Hall–Kier alpha value is -5.10. The third-order valence-corrected chi connectivity index (χ3v) is 11.4. The molecule has 0 spiro atoms. The first-order valence-electron chi connectivity index (χ1n) is 18.9. The number of aromatic nitrogens is 3. The average Bonchev–Trinajstić information content (AvgIpc) is 3.22. The molecule has 12 nitrogen and oxygen atoms in total. The summed E-state index contributed by atoms with van der Waals surface area (Å²) in [6, 6.07) is 31.6. The molecule has 0 saturated carbocycles. The fourth-order valence-electron chi connectivity index (χ4n) is 6.50. The van der Waals surface area contributed by atoms with Crippen LogP contribution in [0, 0.1) is 6.92 Å². The molecule has 2 heterocycles. The van der Waals surface area contributed by atoms with E-state index in [4.69, 9.17) is 23.3 Å². The quantitative estimate of drug-likeness (QED) is 0.0623. The number of hydrogen-bond donors (Lipinski definition) is 1. The lowest BCUT2D eigenvalue weighted by Crippen LogP contribution is -2.35. The van der Waals surface area contributed by atoms with Crippen molar-refractivity contribution < 1.29 is 23.3 Å². The molecular formula is C44H54N5O7P. The van der Waals surface area contributed by atoms with Gasteiger partial charge < -0.3 is 28.2 Å². The highest BCUT2D eigenvalue weighted by atomic mass is 31.2. The van der Waals surface area contributed by atoms with Crippen LogP contribution in [0.1, 0.15) is 49.9 Å². The Balaban J connectivity index is 1.56. The second-order valence-electron chi connectivity index (χ2n) is 14.1. The maximum Gasteiger partial charge on any atom is 0.332 e. The maximum absolute atomic E-state index is 13.2. The van der Waals surface area contributed by atoms with Gasteiger partial charge in [-0.3, -0.25) is 14.3 Å². The molecule has 57 heavy (non-hydrogen) atoms. The largest absolute Gasteiger partial charge is 0.497 e. The first kappa shape index (κ1) is 43.0. The molecule has 5 aromatic rings. The van der Waals surface area contributed by atoms with Gasteiger partial charge in [-0.05, 0) is 93.3 Å². The second-order valence-corrected chi connectivity index (χ2v) is 15.5. The summed E-state index contributed by atoms with van der Waals surface area (Å²) in [6.45, 7) is 11.2. The van der Waals surface area contributed by atoms with E-state index in [1.165, 1.54) is 10.8 Å². The van der Waals surface area contributed by atoms with Crippen molar-refractivity contribution in [2.75, 3.05) is 52.5 Å². The first-order valence-corrected chi connectivity index (χ1v) is 20.1. The van der Waals surface area contributed by atoms with E-state index in [0.717, 1.165) is 22.5 Å². The summed E-state index contributed by atoms with van der Waals surface area (Å²) in [5.41, 5.74) is 1.43. The van der Waals surface area contributed by atoms with Gasteiger partial charge in [-0.1, -0.05) is 60.7 Å². The van der Waals surface area contributed by atoms with Crippen molar-refractivity contribution in [3.05, 3.63) is 158 Å². The molecule has 0 saturated heterocycles. The van der Waals surface area contributed by atoms with Gasteiger partial charge in [0.05, 0.1) is 34.0 Å². The van der Waals surface area contributed by atoms with Crippen LogP contribution in [-0.4, -0.2) is 78.9 Å². The van der Waals surface area contributed by atoms with Crippen molar-refractivity contribution >= 4 is 20.5 Å². The Bertz CT molecular complexity index is 2090. The molecule has 2 aromatic heterocycles. The number of nitrogens with one attached hydrogen (secondary N) is 1. The Kier molecular flexibility index (Phi) is 15.4. The number of pyridine rings is 1. The molecule has 1 N–H and O–H groups in total. The number of methoxy groups -OCH3 is 2. The molecule has 0 aliphatic heterocycles. The summed E-state index contributed by atoms with van der Waals surface area (Å²) in [5, 5.41) is 0. The summed E-state index contributed by atoms with van der Waals surface area (Å²) in [4.78, 5) is 34.5. The molecule has 3 aromatic carbocycles. The smallest absolute Gasteiger partial charge is 0.332 e. The van der Waals surface area contributed by atoms with E-state index in [2.05, 4.69) is 42.3 Å². The van der Waals surface area contributed by atoms with Crippen LogP contribution in [0.2, 0.25) is 0 Å². The van der Waals surface area contributed by atoms with Crippen LogP contribution in [0.4, 0.5) is 5.82 Å². The van der Waals surface area contributed by atoms with Gasteiger partial charge in [-0.15, -0.1) is 0 Å². The number of aryl methyl sites for hydroxylation is 1. The van der Waals surface area contributed by atoms with E-state index < -0.39 is 25.4 Å². The highest BCUT2D eigenvalue weighted by molar-refractivity contribution is 7.44. The summed E-state index contributed by atoms with van der Waals surface area (Å²) in [7, 11) is 3.65. The van der Waals surface area contributed by atoms with E-state index in [9.17, 15) is 9.59 Å². The predicted octanol–water partition coefficient (Wildman–Crippen LogP) is 7.62. The van der Waals surface area contributed by atoms with Crippen LogP contribution in [-0.2, 0) is 19.4 Å². The van der Waals surface area contributed by atoms with Gasteiger partial charge in [-0.25, -0.2) is 14.4 Å². The number of ether oxygens (including phenoxy) is 3. The number of anilines is 1. The summed E-state index contributed by atoms with van der Waals surface area (Å²) in [6.07, 6.45) is 4.95. The molecule has 0 aliphatic carbocycles. The minimum Gasteiger partial charge on any atom is -0.497 e. The van der Waals surface area contributed by atoms with Crippen molar-refractivity contribution in [3.63, 3.8) is 0 Å². The molecule has 1 atom stereocenters. The van der Waals surface area contributed by atoms with Gasteiger partial charge in [-0.2, -0.15) is 0 Å². The summed E-state index contributed by atoms with van der Waals surface area (Å²) < 4.78 is 35.2. The van der Waals surface area contributed by atoms with Crippen LogP contribution < -0.4 is 25.6 Å². The number of nitrogens with zero attached hydrogens (tertiary/aromatic N) is 4. The normalized spacial score (nSPS) is 12.6. The van der Waals surface area contributed by atoms with E-state index in [1.807, 2.05) is 109 Å². The van der Waals surface area contributed by atoms with Crippen LogP contribution >= 0.6 is 8.53 Å². The highest BCUT2D eigenvalue weighted by Crippen LogP contribution is 2.47. The molecule has 0 aliphatic rings. The van der Waals surface area contributed by atoms with Gasteiger partial charge in [0, 0.05) is 49.8 Å². The lowest BCUT2D eigenvalue weighted by atomic mass is 9.80. The highest BCUT2D eigenvalue weighted by Gasteiger charge is 2.38. The summed E-state index contributed by atoms with van der Waals surface area (Å²) in [5.74, 6) is 2.25. The molecule has 302 valence electrons. The number of aromatic amines is 1. The van der Waals surface area contributed by atoms with Gasteiger partial charge >= 0.3 is 5.69 Å². The predicted molar refractivity (Wildman–Crippen MR) is 227 cm³/mol. The van der Waals surface area contributed by atoms with Crippen LogP contribution in [0.3, 0.4) is 0 Å². The van der Waals surface area contributed by atoms with E-state index in [-0.39, 0.29) is 25.3 Å². The Morgan fingerprint density at radius 2 is 1.39 bits per heavy atom. The fraction of sp³-hybridized carbons (Fsp3) is 0.341. The molecule has 0 bridgehead atoms. The molecule has 5 rings (SSSR count). The van der Waals surface area contributed by atoms with Crippen molar-refractivity contribution in [2.45, 2.75) is 52.3 Å². The van der Waals surface area contributed by atoms with Crippen LogP contribution in [0.15, 0.2) is 125 Å². The van der Waals surface area contributed by atoms with Gasteiger partial charge in [0.1, 0.15) is 22.9 Å². The first-order chi connectivity index (χ1) is 27.5. The van der Waals surface area contributed by atoms with Crippen molar-refractivity contribution in [3.8, 4) is 11.5 Å². The van der Waals surface area contributed by atoms with Gasteiger partial charge in [0.15, 0.2) is 0 Å². The molecule has 1 unspecified atom stereocenters. The molecule has 13 heteroatoms. The van der Waals surface area contributed by atoms with E-state index in [1.54, 1.807) is 33.5 Å². The maximum atomic E-state index is 13.2. The minimum absolute atomic E-state index is 0.0203. The molecule has 0 radical (unpaired) electrons. The molecular weight excluding hydrogens is 741 g/mol. The van der Waals surface area contributed by atoms with Crippen molar-refractivity contribution in [1.29, 1.82) is 0 Å². The second kappa shape index (κ2) is 20.4. The lowest BCUT2D eigenvalue weighted by molar-refractivity contribution is 0.0247. The number of likely N-dealkylation sites (N-methyl/N-ethyl adjacent to an activating group) is 1. The zero-order chi connectivity index (χ0) is 41.0. The summed E-state index contributed by atoms with van der Waals surface area (Å²) >= 11 is 0. The van der Waals surface area contributed by atoms with Crippen LogP contribution in [0.5, 0.6) is 11.5 Å². The SMILES string of the molecule is COc1ccc(C(OC/C(=C/n2cc(C)c(=O)[nH]c2=O)COP(OCCN(C)c2ccccn2)N(C(C)C)C(C)C)(c2ccccc2)c2ccc(OC)cc2)cc1. The monoisotopic (exact) mass is 795 g/mol. The average molecular weight is 796 g/mol. The minimum atomic E-state index is -1.59. The Morgan fingerprint density at radius 3 is 1.93 bits per heavy atom. The molecule has 0 amide bonds. The van der Waals surface area contributed by atoms with Crippen molar-refractivity contribution in [1.82, 2.24) is 19.2 Å². The number of H-pyrrole nitrogens is 1. The fourth-order valence-corrected chi connectivity index (χ4v) is 8.11. The zero-order valence-electron chi connectivity index (χ0n) is 34.0. The topological polar surface area (TPSA) is 120 Å². The number of hydrogen-bond acceptors (Lipinski definition) is 10.